The first-order chi connectivity index (χ1) is 7.56. The van der Waals surface area contributed by atoms with Crippen LogP contribution in [0.25, 0.3) is 0 Å². The molecule has 1 saturated heterocycles. The number of hydrogen-bond acceptors (Lipinski definition) is 2. The van der Waals surface area contributed by atoms with Crippen LogP contribution in [0.2, 0.25) is 0 Å². The number of rotatable bonds is 5. The highest BCUT2D eigenvalue weighted by atomic mass is 79.9. The molecule has 1 aliphatic rings. The Labute approximate surface area is 116 Å². The number of hydrogen-bond donors (Lipinski definition) is 0. The minimum atomic E-state index is -0.0262. The third kappa shape index (κ3) is 4.69. The first-order valence-corrected chi connectivity index (χ1v) is 7.62. The highest BCUT2D eigenvalue weighted by Crippen LogP contribution is 2.25. The minimum absolute atomic E-state index is 0.0262. The van der Waals surface area contributed by atoms with Gasteiger partial charge in [0.15, 0.2) is 0 Å². The molecule has 0 N–H and O–H groups in total. The Morgan fingerprint density at radius 3 is 2.25 bits per heavy atom. The molecular weight excluding hydrogens is 315 g/mol. The van der Waals surface area contributed by atoms with E-state index in [4.69, 9.17) is 32.7 Å². The number of ether oxygens (including phenoxy) is 2. The Morgan fingerprint density at radius 1 is 1.25 bits per heavy atom. The molecule has 0 aliphatic carbocycles. The van der Waals surface area contributed by atoms with Crippen LogP contribution in [0.4, 0.5) is 0 Å². The van der Waals surface area contributed by atoms with Gasteiger partial charge in [0.25, 0.3) is 0 Å². The van der Waals surface area contributed by atoms with Gasteiger partial charge in [0.05, 0.1) is 29.2 Å². The lowest BCUT2D eigenvalue weighted by atomic mass is 10.0. The summed E-state index contributed by atoms with van der Waals surface area (Å²) in [5.74, 6) is 0.967. The van der Waals surface area contributed by atoms with E-state index in [1.807, 2.05) is 0 Å². The van der Waals surface area contributed by atoms with Crippen molar-refractivity contribution in [3.05, 3.63) is 0 Å². The maximum atomic E-state index is 5.99. The Morgan fingerprint density at radius 2 is 1.81 bits per heavy atom. The SMILES string of the molecule is CC1CC(OC(CCl)C(Br)CCl)CC(C)O1. The average molecular weight is 334 g/mol. The third-order valence-electron chi connectivity index (χ3n) is 2.72. The van der Waals surface area contributed by atoms with Crippen molar-refractivity contribution in [1.29, 1.82) is 0 Å². The van der Waals surface area contributed by atoms with Gasteiger partial charge in [-0.1, -0.05) is 15.9 Å². The molecule has 4 unspecified atom stereocenters. The van der Waals surface area contributed by atoms with Crippen LogP contribution >= 0.6 is 39.1 Å². The largest absolute Gasteiger partial charge is 0.375 e. The van der Waals surface area contributed by atoms with Crippen LogP contribution in [0.15, 0.2) is 0 Å². The summed E-state index contributed by atoms with van der Waals surface area (Å²) in [6.45, 7) is 4.16. The molecule has 0 bridgehead atoms. The molecule has 1 heterocycles. The summed E-state index contributed by atoms with van der Waals surface area (Å²) in [4.78, 5) is 0.111. The molecule has 0 aromatic carbocycles. The van der Waals surface area contributed by atoms with Gasteiger partial charge in [0.1, 0.15) is 0 Å². The second kappa shape index (κ2) is 7.42. The van der Waals surface area contributed by atoms with Gasteiger partial charge in [0, 0.05) is 11.8 Å². The van der Waals surface area contributed by atoms with Crippen LogP contribution in [0.1, 0.15) is 26.7 Å². The molecule has 1 rings (SSSR count). The van der Waals surface area contributed by atoms with E-state index in [0.717, 1.165) is 12.8 Å². The van der Waals surface area contributed by atoms with Crippen molar-refractivity contribution in [3.8, 4) is 0 Å². The predicted octanol–water partition coefficient (Wildman–Crippen LogP) is 3.57. The fourth-order valence-corrected chi connectivity index (χ4v) is 3.03. The summed E-state index contributed by atoms with van der Waals surface area (Å²) < 4.78 is 11.7. The van der Waals surface area contributed by atoms with E-state index in [1.165, 1.54) is 0 Å². The molecule has 0 spiro atoms. The van der Waals surface area contributed by atoms with Crippen molar-refractivity contribution in [2.75, 3.05) is 11.8 Å². The van der Waals surface area contributed by atoms with E-state index in [0.29, 0.717) is 11.8 Å². The van der Waals surface area contributed by atoms with E-state index in [-0.39, 0.29) is 29.2 Å². The zero-order chi connectivity index (χ0) is 12.1. The summed E-state index contributed by atoms with van der Waals surface area (Å²) in [6, 6.07) is 0. The zero-order valence-corrected chi connectivity index (χ0v) is 12.8. The lowest BCUT2D eigenvalue weighted by Gasteiger charge is -2.34. The molecule has 16 heavy (non-hydrogen) atoms. The summed E-state index contributed by atoms with van der Waals surface area (Å²) in [7, 11) is 0. The zero-order valence-electron chi connectivity index (χ0n) is 9.67. The smallest absolute Gasteiger partial charge is 0.0850 e. The van der Waals surface area contributed by atoms with Crippen LogP contribution in [0.3, 0.4) is 0 Å². The summed E-state index contributed by atoms with van der Waals surface area (Å²) in [5.41, 5.74) is 0. The lowest BCUT2D eigenvalue weighted by molar-refractivity contribution is -0.116. The van der Waals surface area contributed by atoms with Crippen molar-refractivity contribution in [3.63, 3.8) is 0 Å². The van der Waals surface area contributed by atoms with E-state index in [9.17, 15) is 0 Å². The van der Waals surface area contributed by atoms with Crippen LogP contribution in [0, 0.1) is 0 Å². The van der Waals surface area contributed by atoms with Crippen molar-refractivity contribution in [1.82, 2.24) is 0 Å². The molecule has 0 aromatic rings. The fourth-order valence-electron chi connectivity index (χ4n) is 2.02. The molecule has 96 valence electrons. The van der Waals surface area contributed by atoms with E-state index in [1.54, 1.807) is 0 Å². The monoisotopic (exact) mass is 332 g/mol. The van der Waals surface area contributed by atoms with Crippen molar-refractivity contribution >= 4 is 39.1 Å². The molecule has 0 amide bonds. The van der Waals surface area contributed by atoms with Gasteiger partial charge in [-0.25, -0.2) is 0 Å². The first kappa shape index (κ1) is 15.0. The number of alkyl halides is 3. The Kier molecular flexibility index (Phi) is 6.98. The second-order valence-electron chi connectivity index (χ2n) is 4.35. The van der Waals surface area contributed by atoms with Crippen molar-refractivity contribution < 1.29 is 9.47 Å². The lowest BCUT2D eigenvalue weighted by Crippen LogP contribution is -2.39. The maximum absolute atomic E-state index is 5.99. The maximum Gasteiger partial charge on any atom is 0.0850 e. The molecule has 0 saturated carbocycles. The highest BCUT2D eigenvalue weighted by Gasteiger charge is 2.29. The Hall–Kier alpha value is 0.980. The Balaban J connectivity index is 2.44. The first-order valence-electron chi connectivity index (χ1n) is 5.63. The topological polar surface area (TPSA) is 18.5 Å². The van der Waals surface area contributed by atoms with Gasteiger partial charge in [-0.15, -0.1) is 23.2 Å². The van der Waals surface area contributed by atoms with Gasteiger partial charge >= 0.3 is 0 Å². The van der Waals surface area contributed by atoms with Crippen molar-refractivity contribution in [2.45, 2.75) is 55.9 Å². The third-order valence-corrected chi connectivity index (χ3v) is 4.65. The molecule has 5 heteroatoms. The molecule has 1 fully saturated rings. The average Bonchev–Trinajstić information content (AvgIpc) is 2.23. The molecule has 0 radical (unpaired) electrons. The molecule has 1 aliphatic heterocycles. The van der Waals surface area contributed by atoms with E-state index in [2.05, 4.69) is 29.8 Å². The molecule has 0 aromatic heterocycles. The minimum Gasteiger partial charge on any atom is -0.375 e. The fraction of sp³-hybridized carbons (Fsp3) is 1.00. The van der Waals surface area contributed by atoms with Crippen LogP contribution in [0.5, 0.6) is 0 Å². The summed E-state index contributed by atoms with van der Waals surface area (Å²) in [6.07, 6.45) is 2.58. The molecule has 2 nitrogen and oxygen atoms in total. The van der Waals surface area contributed by atoms with Crippen LogP contribution in [-0.2, 0) is 9.47 Å². The van der Waals surface area contributed by atoms with Gasteiger partial charge in [-0.2, -0.15) is 0 Å². The summed E-state index contributed by atoms with van der Waals surface area (Å²) >= 11 is 15.2. The second-order valence-corrected chi connectivity index (χ2v) is 6.14. The van der Waals surface area contributed by atoms with E-state index < -0.39 is 0 Å². The summed E-state index contributed by atoms with van der Waals surface area (Å²) in [5, 5.41) is 0. The highest BCUT2D eigenvalue weighted by molar-refractivity contribution is 9.09. The van der Waals surface area contributed by atoms with E-state index >= 15 is 0 Å². The van der Waals surface area contributed by atoms with Gasteiger partial charge in [-0.05, 0) is 26.7 Å². The normalized spacial score (nSPS) is 34.7. The predicted molar refractivity (Wildman–Crippen MR) is 72.1 cm³/mol. The van der Waals surface area contributed by atoms with Crippen molar-refractivity contribution in [2.24, 2.45) is 0 Å². The van der Waals surface area contributed by atoms with Crippen LogP contribution < -0.4 is 0 Å². The van der Waals surface area contributed by atoms with Gasteiger partial charge < -0.3 is 9.47 Å². The standard InChI is InChI=1S/C11H19BrCl2O2/c1-7-3-9(4-8(2)15-7)16-11(6-14)10(12)5-13/h7-11H,3-6H2,1-2H3. The quantitative estimate of drug-likeness (QED) is 0.716. The Bertz CT molecular complexity index is 196. The number of halogens is 3. The molecule has 4 atom stereocenters. The molecular formula is C11H19BrCl2O2. The van der Waals surface area contributed by atoms with Gasteiger partial charge in [0.2, 0.25) is 0 Å². The van der Waals surface area contributed by atoms with Crippen LogP contribution in [-0.4, -0.2) is 41.0 Å². The van der Waals surface area contributed by atoms with Gasteiger partial charge in [-0.3, -0.25) is 0 Å².